The Labute approximate surface area is 166 Å². The first kappa shape index (κ1) is 21.3. The smallest absolute Gasteiger partial charge is 0.261 e. The zero-order chi connectivity index (χ0) is 20.4. The molecule has 0 bridgehead atoms. The molecule has 1 aromatic carbocycles. The number of benzene rings is 1. The van der Waals surface area contributed by atoms with E-state index in [9.17, 15) is 9.59 Å². The van der Waals surface area contributed by atoms with Crippen LogP contribution in [0.15, 0.2) is 42.7 Å². The van der Waals surface area contributed by atoms with Crippen LogP contribution in [-0.2, 0) is 16.0 Å². The molecule has 0 radical (unpaired) electrons. The number of aryl methyl sites for hydroxylation is 1. The Hall–Kier alpha value is -2.96. The summed E-state index contributed by atoms with van der Waals surface area (Å²) >= 11 is 0. The predicted molar refractivity (Wildman–Crippen MR) is 108 cm³/mol. The number of hydrogen-bond acceptors (Lipinski definition) is 5. The van der Waals surface area contributed by atoms with Gasteiger partial charge < -0.3 is 15.0 Å². The van der Waals surface area contributed by atoms with Gasteiger partial charge in [-0.1, -0.05) is 25.5 Å². The second-order valence-electron chi connectivity index (χ2n) is 6.83. The zero-order valence-corrected chi connectivity index (χ0v) is 16.7. The summed E-state index contributed by atoms with van der Waals surface area (Å²) in [6.45, 7) is 5.72. The third-order valence-corrected chi connectivity index (χ3v) is 4.23. The molecule has 0 aliphatic rings. The van der Waals surface area contributed by atoms with Crippen molar-refractivity contribution in [3.63, 3.8) is 0 Å². The summed E-state index contributed by atoms with van der Waals surface area (Å²) < 4.78 is 5.62. The number of hydrogen-bond donors (Lipinski definition) is 1. The molecule has 1 N–H and O–H groups in total. The molecule has 0 saturated carbocycles. The number of carbonyl (C=O) groups excluding carboxylic acids is 2. The summed E-state index contributed by atoms with van der Waals surface area (Å²) in [7, 11) is 0. The van der Waals surface area contributed by atoms with Crippen molar-refractivity contribution < 1.29 is 14.3 Å². The number of rotatable bonds is 10. The van der Waals surface area contributed by atoms with Crippen LogP contribution in [0.4, 0.5) is 5.69 Å². The van der Waals surface area contributed by atoms with Crippen LogP contribution in [0.3, 0.4) is 0 Å². The van der Waals surface area contributed by atoms with E-state index in [1.807, 2.05) is 38.1 Å². The Bertz CT molecular complexity index is 748. The minimum absolute atomic E-state index is 0.0574. The summed E-state index contributed by atoms with van der Waals surface area (Å²) in [5.74, 6) is 0.105. The number of unbranched alkanes of at least 4 members (excludes halogenated alkanes) is 1. The van der Waals surface area contributed by atoms with Gasteiger partial charge in [-0.15, -0.1) is 0 Å². The van der Waals surface area contributed by atoms with Crippen molar-refractivity contribution in [2.45, 2.75) is 46.1 Å². The molecule has 0 spiro atoms. The van der Waals surface area contributed by atoms with Gasteiger partial charge in [0.2, 0.25) is 5.91 Å². The molecular weight excluding hydrogens is 356 g/mol. The monoisotopic (exact) mass is 384 g/mol. The standard InChI is InChI=1S/C21H28N4O3/c1-4-5-6-17-7-9-19(10-8-17)28-15-21(27)25(16(2)3)14-20(26)24-18-11-12-22-23-13-18/h7-13,16H,4-6,14-15H2,1-3H3,(H,22,24,26). The maximum absolute atomic E-state index is 12.6. The molecule has 7 heteroatoms. The molecule has 150 valence electrons. The van der Waals surface area contributed by atoms with Gasteiger partial charge in [0.1, 0.15) is 12.3 Å². The molecule has 0 fully saturated rings. The molecule has 2 aromatic rings. The van der Waals surface area contributed by atoms with E-state index in [0.29, 0.717) is 11.4 Å². The lowest BCUT2D eigenvalue weighted by Gasteiger charge is -2.26. The van der Waals surface area contributed by atoms with E-state index in [-0.39, 0.29) is 31.0 Å². The quantitative estimate of drug-likeness (QED) is 0.680. The van der Waals surface area contributed by atoms with Crippen molar-refractivity contribution >= 4 is 17.5 Å². The van der Waals surface area contributed by atoms with Crippen LogP contribution in [0.2, 0.25) is 0 Å². The molecule has 0 saturated heterocycles. The molecule has 28 heavy (non-hydrogen) atoms. The zero-order valence-electron chi connectivity index (χ0n) is 16.7. The van der Waals surface area contributed by atoms with Crippen molar-refractivity contribution in [3.05, 3.63) is 48.3 Å². The van der Waals surface area contributed by atoms with E-state index in [1.54, 1.807) is 6.07 Å². The average Bonchev–Trinajstić information content (AvgIpc) is 2.70. The van der Waals surface area contributed by atoms with E-state index in [1.165, 1.54) is 22.9 Å². The maximum Gasteiger partial charge on any atom is 0.261 e. The second-order valence-corrected chi connectivity index (χ2v) is 6.83. The van der Waals surface area contributed by atoms with Gasteiger partial charge in [0.25, 0.3) is 5.91 Å². The maximum atomic E-state index is 12.6. The molecular formula is C21H28N4O3. The minimum atomic E-state index is -0.296. The van der Waals surface area contributed by atoms with Crippen LogP contribution >= 0.6 is 0 Å². The van der Waals surface area contributed by atoms with Crippen LogP contribution in [0, 0.1) is 0 Å². The lowest BCUT2D eigenvalue weighted by molar-refractivity contribution is -0.138. The van der Waals surface area contributed by atoms with E-state index in [2.05, 4.69) is 22.4 Å². The highest BCUT2D eigenvalue weighted by Crippen LogP contribution is 2.14. The third kappa shape index (κ3) is 6.98. The Balaban J connectivity index is 1.87. The molecule has 0 aliphatic heterocycles. The first-order chi connectivity index (χ1) is 13.5. The van der Waals surface area contributed by atoms with Crippen molar-refractivity contribution in [2.75, 3.05) is 18.5 Å². The molecule has 0 atom stereocenters. The molecule has 1 aromatic heterocycles. The molecule has 7 nitrogen and oxygen atoms in total. The number of carbonyl (C=O) groups is 2. The lowest BCUT2D eigenvalue weighted by Crippen LogP contribution is -2.44. The first-order valence-corrected chi connectivity index (χ1v) is 9.57. The Kier molecular flexibility index (Phi) is 8.39. The fourth-order valence-electron chi connectivity index (χ4n) is 2.64. The van der Waals surface area contributed by atoms with Gasteiger partial charge in [-0.2, -0.15) is 10.2 Å². The molecule has 2 rings (SSSR count). The topological polar surface area (TPSA) is 84.4 Å². The van der Waals surface area contributed by atoms with Crippen LogP contribution in [-0.4, -0.2) is 46.1 Å². The van der Waals surface area contributed by atoms with Gasteiger partial charge in [-0.3, -0.25) is 9.59 Å². The second kappa shape index (κ2) is 11.0. The van der Waals surface area contributed by atoms with Gasteiger partial charge in [-0.05, 0) is 50.5 Å². The van der Waals surface area contributed by atoms with Crippen LogP contribution < -0.4 is 10.1 Å². The average molecular weight is 384 g/mol. The SMILES string of the molecule is CCCCc1ccc(OCC(=O)N(CC(=O)Nc2ccnnc2)C(C)C)cc1. The van der Waals surface area contributed by atoms with Crippen LogP contribution in [0.5, 0.6) is 5.75 Å². The number of anilines is 1. The summed E-state index contributed by atoms with van der Waals surface area (Å²) in [5, 5.41) is 10.1. The van der Waals surface area contributed by atoms with Gasteiger partial charge in [-0.25, -0.2) is 0 Å². The minimum Gasteiger partial charge on any atom is -0.484 e. The highest BCUT2D eigenvalue weighted by atomic mass is 16.5. The molecule has 0 aliphatic carbocycles. The van der Waals surface area contributed by atoms with Crippen molar-refractivity contribution in [1.29, 1.82) is 0 Å². The predicted octanol–water partition coefficient (Wildman–Crippen LogP) is 3.07. The van der Waals surface area contributed by atoms with E-state index >= 15 is 0 Å². The van der Waals surface area contributed by atoms with E-state index in [4.69, 9.17) is 4.74 Å². The fraction of sp³-hybridized carbons (Fsp3) is 0.429. The van der Waals surface area contributed by atoms with E-state index in [0.717, 1.165) is 19.3 Å². The molecule has 2 amide bonds. The van der Waals surface area contributed by atoms with Gasteiger partial charge >= 0.3 is 0 Å². The van der Waals surface area contributed by atoms with Crippen molar-refractivity contribution in [1.82, 2.24) is 15.1 Å². The Morgan fingerprint density at radius 2 is 1.89 bits per heavy atom. The Morgan fingerprint density at radius 1 is 1.14 bits per heavy atom. The number of nitrogens with zero attached hydrogens (tertiary/aromatic N) is 3. The number of amides is 2. The van der Waals surface area contributed by atoms with Crippen LogP contribution in [0.1, 0.15) is 39.2 Å². The Morgan fingerprint density at radius 3 is 2.50 bits per heavy atom. The largest absolute Gasteiger partial charge is 0.484 e. The van der Waals surface area contributed by atoms with Crippen molar-refractivity contribution in [2.24, 2.45) is 0 Å². The molecule has 0 unspecified atom stereocenters. The van der Waals surface area contributed by atoms with Crippen LogP contribution in [0.25, 0.3) is 0 Å². The van der Waals surface area contributed by atoms with E-state index < -0.39 is 0 Å². The summed E-state index contributed by atoms with van der Waals surface area (Å²) in [6, 6.07) is 9.30. The highest BCUT2D eigenvalue weighted by Gasteiger charge is 2.20. The lowest BCUT2D eigenvalue weighted by atomic mass is 10.1. The fourth-order valence-corrected chi connectivity index (χ4v) is 2.64. The summed E-state index contributed by atoms with van der Waals surface area (Å²) in [5.41, 5.74) is 1.79. The normalized spacial score (nSPS) is 10.6. The number of ether oxygens (including phenoxy) is 1. The summed E-state index contributed by atoms with van der Waals surface area (Å²) in [6.07, 6.45) is 6.29. The van der Waals surface area contributed by atoms with Gasteiger partial charge in [0.15, 0.2) is 6.61 Å². The third-order valence-electron chi connectivity index (χ3n) is 4.23. The molecule has 1 heterocycles. The first-order valence-electron chi connectivity index (χ1n) is 9.57. The van der Waals surface area contributed by atoms with Gasteiger partial charge in [0.05, 0.1) is 18.1 Å². The number of aromatic nitrogens is 2. The van der Waals surface area contributed by atoms with Gasteiger partial charge in [0, 0.05) is 6.04 Å². The number of nitrogens with one attached hydrogen (secondary N) is 1. The highest BCUT2D eigenvalue weighted by molar-refractivity contribution is 5.94. The van der Waals surface area contributed by atoms with Crippen molar-refractivity contribution in [3.8, 4) is 5.75 Å². The summed E-state index contributed by atoms with van der Waals surface area (Å²) in [4.78, 5) is 26.3.